The lowest BCUT2D eigenvalue weighted by Gasteiger charge is -2.25. The SMILES string of the molecule is Cc1c(O)cc(O)c(O)c1C1CCCCC1. The summed E-state index contributed by atoms with van der Waals surface area (Å²) in [6.07, 6.45) is 5.59. The molecular weight excluding hydrogens is 204 g/mol. The molecule has 0 saturated heterocycles. The Balaban J connectivity index is 2.45. The molecule has 1 aliphatic rings. The van der Waals surface area contributed by atoms with E-state index in [0.717, 1.165) is 31.2 Å². The van der Waals surface area contributed by atoms with Crippen LogP contribution in [0.1, 0.15) is 49.1 Å². The Morgan fingerprint density at radius 1 is 1.00 bits per heavy atom. The Morgan fingerprint density at radius 2 is 1.62 bits per heavy atom. The zero-order chi connectivity index (χ0) is 11.7. The standard InChI is InChI=1S/C13H18O3/c1-8-10(14)7-11(15)13(16)12(8)9-5-3-2-4-6-9/h7,9,14-16H,2-6H2,1H3. The summed E-state index contributed by atoms with van der Waals surface area (Å²) in [6.45, 7) is 1.79. The van der Waals surface area contributed by atoms with E-state index in [1.54, 1.807) is 6.92 Å². The highest BCUT2D eigenvalue weighted by Crippen LogP contribution is 2.45. The third kappa shape index (κ3) is 1.82. The number of phenolic OH excluding ortho intramolecular Hbond substituents is 3. The minimum atomic E-state index is -0.219. The molecule has 0 heterocycles. The van der Waals surface area contributed by atoms with Gasteiger partial charge in [0.15, 0.2) is 11.5 Å². The fraction of sp³-hybridized carbons (Fsp3) is 0.538. The molecule has 1 aromatic carbocycles. The first-order chi connectivity index (χ1) is 7.61. The number of benzene rings is 1. The number of aromatic hydroxyl groups is 3. The van der Waals surface area contributed by atoms with Gasteiger partial charge in [-0.15, -0.1) is 0 Å². The monoisotopic (exact) mass is 222 g/mol. The van der Waals surface area contributed by atoms with Crippen LogP contribution in [0, 0.1) is 6.92 Å². The molecule has 0 bridgehead atoms. The highest BCUT2D eigenvalue weighted by atomic mass is 16.3. The maximum Gasteiger partial charge on any atom is 0.161 e. The largest absolute Gasteiger partial charge is 0.508 e. The third-order valence-corrected chi connectivity index (χ3v) is 3.57. The first-order valence-corrected chi connectivity index (χ1v) is 5.85. The molecule has 2 rings (SSSR count). The molecule has 1 aromatic rings. The van der Waals surface area contributed by atoms with E-state index in [2.05, 4.69) is 0 Å². The van der Waals surface area contributed by atoms with Gasteiger partial charge in [0.2, 0.25) is 0 Å². The van der Waals surface area contributed by atoms with Crippen LogP contribution < -0.4 is 0 Å². The van der Waals surface area contributed by atoms with E-state index in [0.29, 0.717) is 5.56 Å². The van der Waals surface area contributed by atoms with Crippen LogP contribution in [0.25, 0.3) is 0 Å². The Morgan fingerprint density at radius 3 is 2.25 bits per heavy atom. The summed E-state index contributed by atoms with van der Waals surface area (Å²) >= 11 is 0. The zero-order valence-corrected chi connectivity index (χ0v) is 9.53. The fourth-order valence-electron chi connectivity index (χ4n) is 2.65. The quantitative estimate of drug-likeness (QED) is 0.505. The molecule has 1 aliphatic carbocycles. The molecule has 0 spiro atoms. The predicted molar refractivity (Wildman–Crippen MR) is 62.0 cm³/mol. The third-order valence-electron chi connectivity index (χ3n) is 3.57. The average molecular weight is 222 g/mol. The van der Waals surface area contributed by atoms with Crippen molar-refractivity contribution in [2.75, 3.05) is 0 Å². The molecule has 0 unspecified atom stereocenters. The van der Waals surface area contributed by atoms with E-state index in [1.165, 1.54) is 12.5 Å². The zero-order valence-electron chi connectivity index (χ0n) is 9.53. The maximum absolute atomic E-state index is 9.89. The molecule has 16 heavy (non-hydrogen) atoms. The number of hydrogen-bond donors (Lipinski definition) is 3. The molecule has 0 atom stereocenters. The molecule has 0 aromatic heterocycles. The van der Waals surface area contributed by atoms with Gasteiger partial charge in [-0.25, -0.2) is 0 Å². The van der Waals surface area contributed by atoms with E-state index >= 15 is 0 Å². The van der Waals surface area contributed by atoms with Gasteiger partial charge in [-0.2, -0.15) is 0 Å². The van der Waals surface area contributed by atoms with Crippen LogP contribution in [0.2, 0.25) is 0 Å². The lowest BCUT2D eigenvalue weighted by atomic mass is 9.81. The van der Waals surface area contributed by atoms with Gasteiger partial charge in [-0.05, 0) is 31.2 Å². The van der Waals surface area contributed by atoms with Crippen LogP contribution in [0.15, 0.2) is 6.07 Å². The first kappa shape index (κ1) is 11.1. The second-order valence-electron chi connectivity index (χ2n) is 4.64. The maximum atomic E-state index is 9.89. The van der Waals surface area contributed by atoms with Crippen molar-refractivity contribution in [2.45, 2.75) is 44.9 Å². The van der Waals surface area contributed by atoms with E-state index in [-0.39, 0.29) is 23.2 Å². The Hall–Kier alpha value is -1.38. The summed E-state index contributed by atoms with van der Waals surface area (Å²) < 4.78 is 0. The van der Waals surface area contributed by atoms with Crippen molar-refractivity contribution in [3.05, 3.63) is 17.2 Å². The number of phenols is 3. The summed E-state index contributed by atoms with van der Waals surface area (Å²) in [7, 11) is 0. The topological polar surface area (TPSA) is 60.7 Å². The molecule has 0 radical (unpaired) electrons. The second-order valence-corrected chi connectivity index (χ2v) is 4.64. The normalized spacial score (nSPS) is 17.6. The molecule has 3 heteroatoms. The number of hydrogen-bond acceptors (Lipinski definition) is 3. The summed E-state index contributed by atoms with van der Waals surface area (Å²) in [6, 6.07) is 1.21. The average Bonchev–Trinajstić information content (AvgIpc) is 2.28. The van der Waals surface area contributed by atoms with Crippen LogP contribution >= 0.6 is 0 Å². The lowest BCUT2D eigenvalue weighted by Crippen LogP contribution is -2.06. The van der Waals surface area contributed by atoms with Crippen molar-refractivity contribution in [3.63, 3.8) is 0 Å². The van der Waals surface area contributed by atoms with Crippen LogP contribution in [0.5, 0.6) is 17.2 Å². The van der Waals surface area contributed by atoms with Gasteiger partial charge < -0.3 is 15.3 Å². The van der Waals surface area contributed by atoms with Crippen LogP contribution in [-0.4, -0.2) is 15.3 Å². The van der Waals surface area contributed by atoms with Crippen LogP contribution in [0.3, 0.4) is 0 Å². The first-order valence-electron chi connectivity index (χ1n) is 5.85. The Labute approximate surface area is 95.4 Å². The van der Waals surface area contributed by atoms with E-state index in [1.807, 2.05) is 0 Å². The molecular formula is C13H18O3. The van der Waals surface area contributed by atoms with E-state index in [9.17, 15) is 15.3 Å². The smallest absolute Gasteiger partial charge is 0.161 e. The molecule has 1 fully saturated rings. The molecule has 3 N–H and O–H groups in total. The molecule has 3 nitrogen and oxygen atoms in total. The predicted octanol–water partition coefficient (Wildman–Crippen LogP) is 3.16. The highest BCUT2D eigenvalue weighted by molar-refractivity contribution is 5.56. The highest BCUT2D eigenvalue weighted by Gasteiger charge is 2.24. The van der Waals surface area contributed by atoms with Crippen molar-refractivity contribution in [1.29, 1.82) is 0 Å². The van der Waals surface area contributed by atoms with Gasteiger partial charge in [0, 0.05) is 11.6 Å². The van der Waals surface area contributed by atoms with Crippen LogP contribution in [0.4, 0.5) is 0 Å². The molecule has 0 aliphatic heterocycles. The summed E-state index contributed by atoms with van der Waals surface area (Å²) in [5.74, 6) is 0.0634. The van der Waals surface area contributed by atoms with Gasteiger partial charge in [-0.1, -0.05) is 19.3 Å². The summed E-state index contributed by atoms with van der Waals surface area (Å²) in [5.41, 5.74) is 1.43. The summed E-state index contributed by atoms with van der Waals surface area (Å²) in [5, 5.41) is 29.1. The van der Waals surface area contributed by atoms with Crippen molar-refractivity contribution in [2.24, 2.45) is 0 Å². The number of rotatable bonds is 1. The minimum absolute atomic E-state index is 0.0535. The Kier molecular flexibility index (Phi) is 2.95. The lowest BCUT2D eigenvalue weighted by molar-refractivity contribution is 0.372. The second kappa shape index (κ2) is 4.24. The summed E-state index contributed by atoms with van der Waals surface area (Å²) in [4.78, 5) is 0. The Bertz CT molecular complexity index is 366. The van der Waals surface area contributed by atoms with Crippen LogP contribution in [-0.2, 0) is 0 Å². The van der Waals surface area contributed by atoms with E-state index in [4.69, 9.17) is 0 Å². The van der Waals surface area contributed by atoms with Gasteiger partial charge in [0.05, 0.1) is 0 Å². The van der Waals surface area contributed by atoms with Crippen molar-refractivity contribution >= 4 is 0 Å². The van der Waals surface area contributed by atoms with Gasteiger partial charge in [0.25, 0.3) is 0 Å². The van der Waals surface area contributed by atoms with Gasteiger partial charge >= 0.3 is 0 Å². The minimum Gasteiger partial charge on any atom is -0.508 e. The molecule has 1 saturated carbocycles. The van der Waals surface area contributed by atoms with Crippen molar-refractivity contribution in [1.82, 2.24) is 0 Å². The van der Waals surface area contributed by atoms with Gasteiger partial charge in [-0.3, -0.25) is 0 Å². The molecule has 0 amide bonds. The van der Waals surface area contributed by atoms with Gasteiger partial charge in [0.1, 0.15) is 5.75 Å². The fourth-order valence-corrected chi connectivity index (χ4v) is 2.65. The van der Waals surface area contributed by atoms with E-state index < -0.39 is 0 Å². The van der Waals surface area contributed by atoms with Crippen molar-refractivity contribution in [3.8, 4) is 17.2 Å². The van der Waals surface area contributed by atoms with Crippen molar-refractivity contribution < 1.29 is 15.3 Å². The molecule has 88 valence electrons.